The SMILES string of the molecule is CCc1nc(CN2CCCN(C(=O)c3cc(C)no3)CC2)cs1. The van der Waals surface area contributed by atoms with Gasteiger partial charge in [-0.25, -0.2) is 4.98 Å². The van der Waals surface area contributed by atoms with Crippen molar-refractivity contribution in [3.63, 3.8) is 0 Å². The first-order valence-electron chi connectivity index (χ1n) is 8.04. The van der Waals surface area contributed by atoms with Gasteiger partial charge in [0.25, 0.3) is 5.91 Å². The Kier molecular flexibility index (Phi) is 5.07. The van der Waals surface area contributed by atoms with Crippen molar-refractivity contribution in [2.75, 3.05) is 26.2 Å². The van der Waals surface area contributed by atoms with Gasteiger partial charge in [0, 0.05) is 44.2 Å². The molecule has 3 heterocycles. The maximum atomic E-state index is 12.4. The minimum atomic E-state index is -0.0608. The van der Waals surface area contributed by atoms with Crippen molar-refractivity contribution in [3.05, 3.63) is 33.6 Å². The summed E-state index contributed by atoms with van der Waals surface area (Å²) in [4.78, 5) is 21.3. The van der Waals surface area contributed by atoms with Crippen molar-refractivity contribution in [1.29, 1.82) is 0 Å². The topological polar surface area (TPSA) is 62.5 Å². The summed E-state index contributed by atoms with van der Waals surface area (Å²) in [6, 6.07) is 1.70. The molecule has 3 rings (SSSR count). The molecule has 0 saturated carbocycles. The molecule has 1 fully saturated rings. The molecule has 0 bridgehead atoms. The second kappa shape index (κ2) is 7.23. The van der Waals surface area contributed by atoms with Crippen LogP contribution in [0.2, 0.25) is 0 Å². The Morgan fingerprint density at radius 1 is 1.35 bits per heavy atom. The van der Waals surface area contributed by atoms with Crippen molar-refractivity contribution < 1.29 is 9.32 Å². The minimum absolute atomic E-state index is 0.0608. The highest BCUT2D eigenvalue weighted by atomic mass is 32.1. The van der Waals surface area contributed by atoms with Crippen LogP contribution in [0.3, 0.4) is 0 Å². The highest BCUT2D eigenvalue weighted by Crippen LogP contribution is 2.15. The van der Waals surface area contributed by atoms with Gasteiger partial charge in [0.1, 0.15) is 0 Å². The van der Waals surface area contributed by atoms with Gasteiger partial charge in [-0.3, -0.25) is 9.69 Å². The summed E-state index contributed by atoms with van der Waals surface area (Å²) < 4.78 is 5.09. The van der Waals surface area contributed by atoms with Crippen LogP contribution < -0.4 is 0 Å². The van der Waals surface area contributed by atoms with Crippen molar-refractivity contribution in [2.24, 2.45) is 0 Å². The van der Waals surface area contributed by atoms with Gasteiger partial charge in [-0.1, -0.05) is 12.1 Å². The molecule has 2 aromatic rings. The lowest BCUT2D eigenvalue weighted by Crippen LogP contribution is -2.35. The molecule has 1 amide bonds. The van der Waals surface area contributed by atoms with Gasteiger partial charge in [0.2, 0.25) is 5.76 Å². The quantitative estimate of drug-likeness (QED) is 0.859. The van der Waals surface area contributed by atoms with E-state index in [-0.39, 0.29) is 5.91 Å². The molecule has 0 unspecified atom stereocenters. The molecule has 0 radical (unpaired) electrons. The fourth-order valence-electron chi connectivity index (χ4n) is 2.77. The van der Waals surface area contributed by atoms with Crippen LogP contribution in [0.4, 0.5) is 0 Å². The zero-order chi connectivity index (χ0) is 16.2. The second-order valence-electron chi connectivity index (χ2n) is 5.84. The van der Waals surface area contributed by atoms with E-state index in [1.165, 1.54) is 5.01 Å². The lowest BCUT2D eigenvalue weighted by atomic mass is 10.3. The summed E-state index contributed by atoms with van der Waals surface area (Å²) in [6.07, 6.45) is 1.95. The number of rotatable bonds is 4. The normalized spacial score (nSPS) is 16.5. The van der Waals surface area contributed by atoms with Crippen LogP contribution in [0.1, 0.15) is 40.3 Å². The number of hydrogen-bond acceptors (Lipinski definition) is 6. The van der Waals surface area contributed by atoms with Crippen LogP contribution >= 0.6 is 11.3 Å². The summed E-state index contributed by atoms with van der Waals surface area (Å²) in [5.41, 5.74) is 1.87. The lowest BCUT2D eigenvalue weighted by Gasteiger charge is -2.20. The van der Waals surface area contributed by atoms with Gasteiger partial charge in [-0.15, -0.1) is 11.3 Å². The first kappa shape index (κ1) is 16.1. The molecule has 124 valence electrons. The molecule has 0 N–H and O–H groups in total. The number of aromatic nitrogens is 2. The summed E-state index contributed by atoms with van der Waals surface area (Å²) in [6.45, 7) is 8.12. The Balaban J connectivity index is 1.57. The highest BCUT2D eigenvalue weighted by molar-refractivity contribution is 7.09. The lowest BCUT2D eigenvalue weighted by molar-refractivity contribution is 0.0719. The van der Waals surface area contributed by atoms with Crippen LogP contribution in [0.25, 0.3) is 0 Å². The predicted octanol–water partition coefficient (Wildman–Crippen LogP) is 2.35. The third-order valence-electron chi connectivity index (χ3n) is 4.00. The Hall–Kier alpha value is -1.73. The van der Waals surface area contributed by atoms with E-state index in [1.807, 2.05) is 11.8 Å². The first-order chi connectivity index (χ1) is 11.2. The number of carbonyl (C=O) groups is 1. The molecule has 0 atom stereocenters. The average Bonchev–Trinajstić information content (AvgIpc) is 3.11. The van der Waals surface area contributed by atoms with Crippen LogP contribution in [0.5, 0.6) is 0 Å². The summed E-state index contributed by atoms with van der Waals surface area (Å²) in [5, 5.41) is 7.13. The molecule has 2 aromatic heterocycles. The Bertz CT molecular complexity index is 667. The van der Waals surface area contributed by atoms with E-state index < -0.39 is 0 Å². The molecule has 7 heteroatoms. The number of aryl methyl sites for hydroxylation is 2. The molecule has 1 aliphatic heterocycles. The Morgan fingerprint density at radius 3 is 2.91 bits per heavy atom. The molecular formula is C16H22N4O2S. The summed E-state index contributed by atoms with van der Waals surface area (Å²) in [7, 11) is 0. The van der Waals surface area contributed by atoms with Crippen LogP contribution in [0, 0.1) is 6.92 Å². The van der Waals surface area contributed by atoms with E-state index in [0.717, 1.165) is 50.4 Å². The van der Waals surface area contributed by atoms with E-state index in [0.29, 0.717) is 12.3 Å². The number of hydrogen-bond donors (Lipinski definition) is 0. The number of thiazole rings is 1. The van der Waals surface area contributed by atoms with Gasteiger partial charge in [0.05, 0.1) is 16.4 Å². The van der Waals surface area contributed by atoms with Crippen LogP contribution in [-0.4, -0.2) is 52.0 Å². The van der Waals surface area contributed by atoms with E-state index >= 15 is 0 Å². The Morgan fingerprint density at radius 2 is 2.22 bits per heavy atom. The molecule has 6 nitrogen and oxygen atoms in total. The molecule has 0 aromatic carbocycles. The van der Waals surface area contributed by atoms with E-state index in [2.05, 4.69) is 27.3 Å². The summed E-state index contributed by atoms with van der Waals surface area (Å²) >= 11 is 1.73. The van der Waals surface area contributed by atoms with Crippen LogP contribution in [0.15, 0.2) is 16.0 Å². The average molecular weight is 334 g/mol. The summed E-state index contributed by atoms with van der Waals surface area (Å²) in [5.74, 6) is 0.275. The molecule has 1 aliphatic rings. The second-order valence-corrected chi connectivity index (χ2v) is 6.78. The largest absolute Gasteiger partial charge is 0.351 e. The van der Waals surface area contributed by atoms with Crippen molar-refractivity contribution in [3.8, 4) is 0 Å². The van der Waals surface area contributed by atoms with Gasteiger partial charge in [-0.2, -0.15) is 0 Å². The minimum Gasteiger partial charge on any atom is -0.351 e. The molecular weight excluding hydrogens is 312 g/mol. The number of nitrogens with zero attached hydrogens (tertiary/aromatic N) is 4. The van der Waals surface area contributed by atoms with E-state index in [1.54, 1.807) is 17.4 Å². The molecule has 1 saturated heterocycles. The van der Waals surface area contributed by atoms with Crippen molar-refractivity contribution >= 4 is 17.2 Å². The van der Waals surface area contributed by atoms with Crippen LogP contribution in [-0.2, 0) is 13.0 Å². The third-order valence-corrected chi connectivity index (χ3v) is 5.04. The van der Waals surface area contributed by atoms with Gasteiger partial charge in [-0.05, 0) is 19.8 Å². The smallest absolute Gasteiger partial charge is 0.292 e. The van der Waals surface area contributed by atoms with Crippen molar-refractivity contribution in [1.82, 2.24) is 19.9 Å². The fourth-order valence-corrected chi connectivity index (χ4v) is 3.50. The fraction of sp³-hybridized carbons (Fsp3) is 0.562. The first-order valence-corrected chi connectivity index (χ1v) is 8.92. The third kappa shape index (κ3) is 3.97. The molecule has 0 aliphatic carbocycles. The number of amides is 1. The van der Waals surface area contributed by atoms with Gasteiger partial charge in [0.15, 0.2) is 0 Å². The van der Waals surface area contributed by atoms with E-state index in [4.69, 9.17) is 4.52 Å². The number of carbonyl (C=O) groups excluding carboxylic acids is 1. The Labute approximate surface area is 140 Å². The zero-order valence-corrected chi connectivity index (χ0v) is 14.4. The maximum Gasteiger partial charge on any atom is 0.292 e. The van der Waals surface area contributed by atoms with E-state index in [9.17, 15) is 4.79 Å². The highest BCUT2D eigenvalue weighted by Gasteiger charge is 2.23. The maximum absolute atomic E-state index is 12.4. The molecule has 23 heavy (non-hydrogen) atoms. The standard InChI is InChI=1S/C16H22N4O2S/c1-3-15-17-13(11-23-15)10-19-5-4-6-20(8-7-19)16(21)14-9-12(2)18-22-14/h9,11H,3-8,10H2,1-2H3. The monoisotopic (exact) mass is 334 g/mol. The van der Waals surface area contributed by atoms with Gasteiger partial charge < -0.3 is 9.42 Å². The zero-order valence-electron chi connectivity index (χ0n) is 13.6. The van der Waals surface area contributed by atoms with Gasteiger partial charge >= 0.3 is 0 Å². The van der Waals surface area contributed by atoms with Crippen molar-refractivity contribution in [2.45, 2.75) is 33.2 Å². The predicted molar refractivity (Wildman–Crippen MR) is 88.5 cm³/mol. The molecule has 0 spiro atoms.